The Hall–Kier alpha value is -2.25. The number of thiophene rings is 1. The van der Waals surface area contributed by atoms with Crippen molar-refractivity contribution in [2.45, 2.75) is 26.7 Å². The third kappa shape index (κ3) is 3.61. The lowest BCUT2D eigenvalue weighted by molar-refractivity contribution is 0.0926. The lowest BCUT2D eigenvalue weighted by Crippen LogP contribution is -2.42. The van der Waals surface area contributed by atoms with Gasteiger partial charge in [-0.1, -0.05) is 6.92 Å². The summed E-state index contributed by atoms with van der Waals surface area (Å²) in [6, 6.07) is 8.12. The summed E-state index contributed by atoms with van der Waals surface area (Å²) in [5.41, 5.74) is 1.79. The van der Waals surface area contributed by atoms with Crippen molar-refractivity contribution < 1.29 is 9.18 Å². The van der Waals surface area contributed by atoms with Gasteiger partial charge >= 0.3 is 0 Å². The van der Waals surface area contributed by atoms with Gasteiger partial charge in [0.25, 0.3) is 5.91 Å². The average molecular weight is 386 g/mol. The molecule has 1 aromatic carbocycles. The molecule has 3 heterocycles. The number of carbonyl (C=O) groups is 1. The molecule has 1 aliphatic rings. The van der Waals surface area contributed by atoms with Gasteiger partial charge in [-0.25, -0.2) is 9.07 Å². The number of benzene rings is 1. The average Bonchev–Trinajstić information content (AvgIpc) is 3.22. The zero-order chi connectivity index (χ0) is 19.0. The van der Waals surface area contributed by atoms with E-state index in [9.17, 15) is 9.18 Å². The first kappa shape index (κ1) is 18.1. The monoisotopic (exact) mass is 386 g/mol. The molecule has 0 saturated carbocycles. The van der Waals surface area contributed by atoms with Gasteiger partial charge in [-0.05, 0) is 68.6 Å². The molecule has 0 radical (unpaired) electrons. The minimum absolute atomic E-state index is 0.0407. The number of amides is 1. The van der Waals surface area contributed by atoms with Crippen molar-refractivity contribution in [2.24, 2.45) is 5.41 Å². The molecule has 27 heavy (non-hydrogen) atoms. The molecule has 2 N–H and O–H groups in total. The molecular weight excluding hydrogens is 363 g/mol. The van der Waals surface area contributed by atoms with Crippen LogP contribution in [0, 0.1) is 18.2 Å². The number of aryl methyl sites for hydroxylation is 1. The van der Waals surface area contributed by atoms with E-state index in [0.717, 1.165) is 47.5 Å². The van der Waals surface area contributed by atoms with Crippen molar-refractivity contribution in [3.05, 3.63) is 46.7 Å². The molecule has 0 aliphatic carbocycles. The number of nitrogens with one attached hydrogen (secondary N) is 2. The zero-order valence-electron chi connectivity index (χ0n) is 15.5. The lowest BCUT2D eigenvalue weighted by Gasteiger charge is -2.34. The third-order valence-corrected chi connectivity index (χ3v) is 6.44. The Labute approximate surface area is 161 Å². The molecule has 4 rings (SSSR count). The van der Waals surface area contributed by atoms with Crippen molar-refractivity contribution in [2.75, 3.05) is 19.6 Å². The Morgan fingerprint density at radius 3 is 2.74 bits per heavy atom. The highest BCUT2D eigenvalue weighted by Crippen LogP contribution is 2.31. The Bertz CT molecular complexity index is 970. The van der Waals surface area contributed by atoms with Gasteiger partial charge in [-0.3, -0.25) is 4.79 Å². The Kier molecular flexibility index (Phi) is 4.74. The maximum absolute atomic E-state index is 13.2. The van der Waals surface area contributed by atoms with Gasteiger partial charge in [-0.2, -0.15) is 5.10 Å². The molecule has 1 aliphatic heterocycles. The van der Waals surface area contributed by atoms with E-state index in [2.05, 4.69) is 22.7 Å². The smallest absolute Gasteiger partial charge is 0.261 e. The molecule has 1 saturated heterocycles. The maximum Gasteiger partial charge on any atom is 0.261 e. The molecule has 142 valence electrons. The molecule has 0 bridgehead atoms. The predicted molar refractivity (Wildman–Crippen MR) is 106 cm³/mol. The number of nitrogens with zero attached hydrogens (tertiary/aromatic N) is 2. The van der Waals surface area contributed by atoms with Crippen molar-refractivity contribution in [1.29, 1.82) is 0 Å². The van der Waals surface area contributed by atoms with E-state index in [1.165, 1.54) is 23.5 Å². The van der Waals surface area contributed by atoms with Gasteiger partial charge in [0.05, 0.1) is 16.3 Å². The fourth-order valence-electron chi connectivity index (χ4n) is 3.50. The van der Waals surface area contributed by atoms with Crippen LogP contribution >= 0.6 is 11.3 Å². The fourth-order valence-corrected chi connectivity index (χ4v) is 4.60. The summed E-state index contributed by atoms with van der Waals surface area (Å²) in [7, 11) is 0. The minimum atomic E-state index is -0.281. The second-order valence-electron chi connectivity index (χ2n) is 7.55. The van der Waals surface area contributed by atoms with Crippen LogP contribution in [0.2, 0.25) is 0 Å². The van der Waals surface area contributed by atoms with Gasteiger partial charge in [0, 0.05) is 11.9 Å². The number of aromatic nitrogens is 2. The van der Waals surface area contributed by atoms with Crippen LogP contribution in [-0.4, -0.2) is 35.3 Å². The molecule has 1 amide bonds. The molecule has 0 unspecified atom stereocenters. The van der Waals surface area contributed by atoms with Crippen molar-refractivity contribution in [3.63, 3.8) is 0 Å². The number of hydrogen-bond donors (Lipinski definition) is 2. The van der Waals surface area contributed by atoms with Gasteiger partial charge in [0.2, 0.25) is 0 Å². The molecule has 3 aromatic rings. The lowest BCUT2D eigenvalue weighted by atomic mass is 9.81. The van der Waals surface area contributed by atoms with E-state index in [1.54, 1.807) is 16.8 Å². The van der Waals surface area contributed by atoms with Crippen LogP contribution in [-0.2, 0) is 0 Å². The SMILES string of the molecule is Cc1nn(-c2ccc(F)cc2)c2sc(C(=O)NCC3(C)CCNCC3)cc12. The van der Waals surface area contributed by atoms with Crippen LogP contribution in [0.15, 0.2) is 30.3 Å². The van der Waals surface area contributed by atoms with Gasteiger partial charge < -0.3 is 10.6 Å². The van der Waals surface area contributed by atoms with E-state index < -0.39 is 0 Å². The summed E-state index contributed by atoms with van der Waals surface area (Å²) < 4.78 is 15.0. The normalized spacial score (nSPS) is 16.6. The van der Waals surface area contributed by atoms with Crippen LogP contribution in [0.5, 0.6) is 0 Å². The van der Waals surface area contributed by atoms with E-state index in [-0.39, 0.29) is 17.1 Å². The molecular formula is C20H23FN4OS. The number of hydrogen-bond acceptors (Lipinski definition) is 4. The maximum atomic E-state index is 13.2. The Balaban J connectivity index is 1.57. The molecule has 0 atom stereocenters. The number of rotatable bonds is 4. The van der Waals surface area contributed by atoms with E-state index >= 15 is 0 Å². The van der Waals surface area contributed by atoms with Crippen LogP contribution in [0.3, 0.4) is 0 Å². The van der Waals surface area contributed by atoms with Crippen molar-refractivity contribution in [3.8, 4) is 5.69 Å². The first-order valence-electron chi connectivity index (χ1n) is 9.19. The summed E-state index contributed by atoms with van der Waals surface area (Å²) >= 11 is 1.42. The van der Waals surface area contributed by atoms with E-state index in [1.807, 2.05) is 13.0 Å². The Morgan fingerprint density at radius 1 is 1.33 bits per heavy atom. The summed E-state index contributed by atoms with van der Waals surface area (Å²) in [6.07, 6.45) is 2.14. The highest BCUT2D eigenvalue weighted by Gasteiger charge is 2.27. The molecule has 7 heteroatoms. The van der Waals surface area contributed by atoms with Crippen molar-refractivity contribution in [1.82, 2.24) is 20.4 Å². The van der Waals surface area contributed by atoms with E-state index in [4.69, 9.17) is 0 Å². The first-order chi connectivity index (χ1) is 13.0. The van der Waals surface area contributed by atoms with Crippen LogP contribution < -0.4 is 10.6 Å². The summed E-state index contributed by atoms with van der Waals surface area (Å²) in [6.45, 7) is 6.84. The highest BCUT2D eigenvalue weighted by atomic mass is 32.1. The largest absolute Gasteiger partial charge is 0.351 e. The van der Waals surface area contributed by atoms with Gasteiger partial charge in [0.15, 0.2) is 0 Å². The minimum Gasteiger partial charge on any atom is -0.351 e. The summed E-state index contributed by atoms with van der Waals surface area (Å²) in [5, 5.41) is 12.0. The fraction of sp³-hybridized carbons (Fsp3) is 0.400. The van der Waals surface area contributed by atoms with Crippen LogP contribution in [0.4, 0.5) is 4.39 Å². The number of carbonyl (C=O) groups excluding carboxylic acids is 1. The second kappa shape index (κ2) is 7.05. The molecule has 0 spiro atoms. The first-order valence-corrected chi connectivity index (χ1v) is 10.0. The molecule has 2 aromatic heterocycles. The van der Waals surface area contributed by atoms with Crippen molar-refractivity contribution >= 4 is 27.5 Å². The second-order valence-corrected chi connectivity index (χ2v) is 8.58. The number of halogens is 1. The Morgan fingerprint density at radius 2 is 2.04 bits per heavy atom. The van der Waals surface area contributed by atoms with Gasteiger partial charge in [0.1, 0.15) is 10.6 Å². The van der Waals surface area contributed by atoms with Crippen LogP contribution in [0.1, 0.15) is 35.1 Å². The molecule has 5 nitrogen and oxygen atoms in total. The number of fused-ring (bicyclic) bond motifs is 1. The third-order valence-electron chi connectivity index (χ3n) is 5.33. The standard InChI is InChI=1S/C20H23FN4OS/c1-13-16-11-17(18(26)23-12-20(2)7-9-22-10-8-20)27-19(16)25(24-13)15-5-3-14(21)4-6-15/h3-6,11,22H,7-10,12H2,1-2H3,(H,23,26). The quantitative estimate of drug-likeness (QED) is 0.720. The topological polar surface area (TPSA) is 59.0 Å². The zero-order valence-corrected chi connectivity index (χ0v) is 16.3. The van der Waals surface area contributed by atoms with Crippen LogP contribution in [0.25, 0.3) is 15.9 Å². The molecule has 1 fully saturated rings. The summed E-state index contributed by atoms with van der Waals surface area (Å²) in [5.74, 6) is -0.322. The highest BCUT2D eigenvalue weighted by molar-refractivity contribution is 7.20. The number of piperidine rings is 1. The predicted octanol–water partition coefficient (Wildman–Crippen LogP) is 3.65. The summed E-state index contributed by atoms with van der Waals surface area (Å²) in [4.78, 5) is 14.3. The van der Waals surface area contributed by atoms with Gasteiger partial charge in [-0.15, -0.1) is 11.3 Å². The van der Waals surface area contributed by atoms with E-state index in [0.29, 0.717) is 11.4 Å².